The van der Waals surface area contributed by atoms with Crippen LogP contribution in [0.2, 0.25) is 0 Å². The van der Waals surface area contributed by atoms with Gasteiger partial charge in [0.1, 0.15) is 0 Å². The summed E-state index contributed by atoms with van der Waals surface area (Å²) in [7, 11) is -0.366. The molecule has 0 aromatic heterocycles. The summed E-state index contributed by atoms with van der Waals surface area (Å²) in [4.78, 5) is 0. The molecule has 174 valence electrons. The first-order chi connectivity index (χ1) is 13.7. The fourth-order valence-electron chi connectivity index (χ4n) is 4.88. The SMILES string of the molecule is CC(C)c1cc(C(C)C)c(-c2ccccc2P(C(C)(C)C)C(C)(C)C)c(C(C)C)c1.Cl. The predicted molar refractivity (Wildman–Crippen MR) is 147 cm³/mol. The maximum absolute atomic E-state index is 2.49. The highest BCUT2D eigenvalue weighted by atomic mass is 35.5. The second-order valence-corrected chi connectivity index (χ2v) is 15.6. The lowest BCUT2D eigenvalue weighted by Gasteiger charge is -2.43. The third-order valence-corrected chi connectivity index (χ3v) is 9.44. The van der Waals surface area contributed by atoms with Crippen LogP contribution in [-0.2, 0) is 0 Å². The summed E-state index contributed by atoms with van der Waals surface area (Å²) < 4.78 is 0. The van der Waals surface area contributed by atoms with E-state index < -0.39 is 0 Å². The van der Waals surface area contributed by atoms with Crippen LogP contribution in [0.3, 0.4) is 0 Å². The fraction of sp³-hybridized carbons (Fsp3) is 0.586. The molecule has 2 rings (SSSR count). The first kappa shape index (κ1) is 28.2. The standard InChI is InChI=1S/C29H45P.ClH/c1-19(2)22-17-24(20(3)4)27(25(18-22)21(5)6)23-15-13-14-16-26(23)30(28(7,8)9)29(10,11)12;/h13-21H,1-12H3;1H. The Hall–Kier alpha value is -0.840. The van der Waals surface area contributed by atoms with E-state index in [0.29, 0.717) is 17.8 Å². The molecule has 0 amide bonds. The van der Waals surface area contributed by atoms with E-state index in [1.165, 1.54) is 27.8 Å². The van der Waals surface area contributed by atoms with Crippen molar-refractivity contribution >= 4 is 25.6 Å². The molecule has 0 aliphatic rings. The smallest absolute Gasteiger partial charge is 0.0101 e. The van der Waals surface area contributed by atoms with E-state index in [-0.39, 0.29) is 30.6 Å². The van der Waals surface area contributed by atoms with Crippen molar-refractivity contribution in [1.82, 2.24) is 0 Å². The number of halogens is 1. The molecule has 2 aromatic carbocycles. The van der Waals surface area contributed by atoms with Crippen LogP contribution in [0.25, 0.3) is 11.1 Å². The first-order valence-electron chi connectivity index (χ1n) is 11.7. The van der Waals surface area contributed by atoms with Crippen molar-refractivity contribution in [1.29, 1.82) is 0 Å². The van der Waals surface area contributed by atoms with Crippen LogP contribution in [-0.4, -0.2) is 10.3 Å². The Morgan fingerprint density at radius 2 is 1.06 bits per heavy atom. The highest BCUT2D eigenvalue weighted by Gasteiger charge is 2.37. The molecule has 0 saturated carbocycles. The average Bonchev–Trinajstić information content (AvgIpc) is 2.58. The van der Waals surface area contributed by atoms with E-state index in [0.717, 1.165) is 0 Å². The molecule has 0 atom stereocenters. The van der Waals surface area contributed by atoms with E-state index in [1.807, 2.05) is 0 Å². The van der Waals surface area contributed by atoms with Gasteiger partial charge in [0.15, 0.2) is 0 Å². The van der Waals surface area contributed by atoms with Gasteiger partial charge in [-0.2, -0.15) is 0 Å². The topological polar surface area (TPSA) is 0 Å². The van der Waals surface area contributed by atoms with Gasteiger partial charge in [-0.25, -0.2) is 0 Å². The summed E-state index contributed by atoms with van der Waals surface area (Å²) in [5, 5.41) is 2.06. The fourth-order valence-corrected chi connectivity index (χ4v) is 9.00. The third-order valence-electron chi connectivity index (χ3n) is 5.89. The summed E-state index contributed by atoms with van der Waals surface area (Å²) in [6.07, 6.45) is 0. The Morgan fingerprint density at radius 1 is 0.645 bits per heavy atom. The van der Waals surface area contributed by atoms with Gasteiger partial charge in [0, 0.05) is 0 Å². The molecule has 0 heterocycles. The Morgan fingerprint density at radius 3 is 1.42 bits per heavy atom. The normalized spacial score (nSPS) is 12.8. The maximum atomic E-state index is 2.49. The summed E-state index contributed by atoms with van der Waals surface area (Å²) in [5.74, 6) is 1.55. The van der Waals surface area contributed by atoms with E-state index in [1.54, 1.807) is 5.30 Å². The number of hydrogen-bond acceptors (Lipinski definition) is 0. The first-order valence-corrected chi connectivity index (χ1v) is 13.1. The monoisotopic (exact) mass is 460 g/mol. The van der Waals surface area contributed by atoms with Crippen molar-refractivity contribution in [3.63, 3.8) is 0 Å². The minimum Gasteiger partial charge on any atom is -0.147 e. The van der Waals surface area contributed by atoms with Crippen molar-refractivity contribution in [3.8, 4) is 11.1 Å². The molecule has 0 fully saturated rings. The lowest BCUT2D eigenvalue weighted by molar-refractivity contribution is 0.715. The molecule has 2 heteroatoms. The second-order valence-electron chi connectivity index (χ2n) is 11.7. The van der Waals surface area contributed by atoms with Gasteiger partial charge in [0.25, 0.3) is 0 Å². The molecule has 31 heavy (non-hydrogen) atoms. The molecule has 0 unspecified atom stereocenters. The zero-order valence-electron chi connectivity index (χ0n) is 22.1. The van der Waals surface area contributed by atoms with Crippen molar-refractivity contribution in [2.75, 3.05) is 0 Å². The van der Waals surface area contributed by atoms with Crippen LogP contribution < -0.4 is 5.30 Å². The lowest BCUT2D eigenvalue weighted by Crippen LogP contribution is -2.32. The van der Waals surface area contributed by atoms with Crippen LogP contribution in [0.5, 0.6) is 0 Å². The molecule has 0 nitrogen and oxygen atoms in total. The molecule has 0 bridgehead atoms. The van der Waals surface area contributed by atoms with Gasteiger partial charge in [-0.15, -0.1) is 12.4 Å². The van der Waals surface area contributed by atoms with Gasteiger partial charge in [0.2, 0.25) is 0 Å². The predicted octanol–water partition coefficient (Wildman–Crippen LogP) is 9.85. The van der Waals surface area contributed by atoms with Gasteiger partial charge in [0.05, 0.1) is 0 Å². The van der Waals surface area contributed by atoms with Gasteiger partial charge in [-0.1, -0.05) is 127 Å². The highest BCUT2D eigenvalue weighted by molar-refractivity contribution is 7.68. The average molecular weight is 461 g/mol. The number of hydrogen-bond donors (Lipinski definition) is 0. The van der Waals surface area contributed by atoms with E-state index >= 15 is 0 Å². The molecular formula is C29H46ClP. The lowest BCUT2D eigenvalue weighted by atomic mass is 9.82. The van der Waals surface area contributed by atoms with E-state index in [9.17, 15) is 0 Å². The quantitative estimate of drug-likeness (QED) is 0.389. The second kappa shape index (κ2) is 10.4. The van der Waals surface area contributed by atoms with Gasteiger partial charge >= 0.3 is 0 Å². The summed E-state index contributed by atoms with van der Waals surface area (Å²) in [6.45, 7) is 28.6. The summed E-state index contributed by atoms with van der Waals surface area (Å²) in [6, 6.07) is 14.3. The number of rotatable bonds is 5. The largest absolute Gasteiger partial charge is 0.147 e. The summed E-state index contributed by atoms with van der Waals surface area (Å²) in [5.41, 5.74) is 7.46. The van der Waals surface area contributed by atoms with Crippen molar-refractivity contribution in [2.45, 2.75) is 111 Å². The van der Waals surface area contributed by atoms with Crippen molar-refractivity contribution in [2.24, 2.45) is 0 Å². The Balaban J connectivity index is 0.00000480. The molecule has 0 aliphatic carbocycles. The Bertz CT molecular complexity index is 820. The zero-order chi connectivity index (χ0) is 23.0. The number of benzene rings is 2. The summed E-state index contributed by atoms with van der Waals surface area (Å²) >= 11 is 0. The van der Waals surface area contributed by atoms with Gasteiger partial charge < -0.3 is 0 Å². The molecule has 0 spiro atoms. The van der Waals surface area contributed by atoms with Crippen LogP contribution in [0.15, 0.2) is 36.4 Å². The van der Waals surface area contributed by atoms with Crippen LogP contribution in [0.1, 0.15) is 118 Å². The van der Waals surface area contributed by atoms with Crippen molar-refractivity contribution < 1.29 is 0 Å². The molecule has 0 aliphatic heterocycles. The van der Waals surface area contributed by atoms with Crippen LogP contribution in [0.4, 0.5) is 0 Å². The van der Waals surface area contributed by atoms with E-state index in [4.69, 9.17) is 0 Å². The third kappa shape index (κ3) is 6.36. The Kier molecular flexibility index (Phi) is 9.46. The van der Waals surface area contributed by atoms with Gasteiger partial charge in [-0.05, 0) is 61.2 Å². The minimum absolute atomic E-state index is 0. The molecule has 0 radical (unpaired) electrons. The molecular weight excluding hydrogens is 415 g/mol. The van der Waals surface area contributed by atoms with Crippen LogP contribution >= 0.6 is 20.3 Å². The zero-order valence-corrected chi connectivity index (χ0v) is 23.8. The van der Waals surface area contributed by atoms with Crippen LogP contribution in [0, 0.1) is 0 Å². The molecule has 0 N–H and O–H groups in total. The Labute approximate surface area is 200 Å². The molecule has 0 saturated heterocycles. The molecule has 2 aromatic rings. The maximum Gasteiger partial charge on any atom is -0.0101 e. The van der Waals surface area contributed by atoms with E-state index in [2.05, 4.69) is 119 Å². The highest BCUT2D eigenvalue weighted by Crippen LogP contribution is 2.59. The van der Waals surface area contributed by atoms with Gasteiger partial charge in [-0.3, -0.25) is 0 Å². The minimum atomic E-state index is -0.366. The van der Waals surface area contributed by atoms with Crippen molar-refractivity contribution in [3.05, 3.63) is 53.1 Å².